The van der Waals surface area contributed by atoms with Gasteiger partial charge in [0.05, 0.1) is 18.8 Å². The molecule has 0 aliphatic carbocycles. The molecule has 3 rings (SSSR count). The Hall–Kier alpha value is -1.61. The van der Waals surface area contributed by atoms with E-state index in [1.54, 1.807) is 12.5 Å². The highest BCUT2D eigenvalue weighted by Crippen LogP contribution is 2.25. The number of rotatable bonds is 7. The second kappa shape index (κ2) is 11.2. The number of nitrogens with one attached hydrogen (secondary N) is 1. The van der Waals surface area contributed by atoms with Crippen LogP contribution in [0.4, 0.5) is 0 Å². The summed E-state index contributed by atoms with van der Waals surface area (Å²) in [4.78, 5) is 11.3. The van der Waals surface area contributed by atoms with Gasteiger partial charge >= 0.3 is 0 Å². The molecule has 1 unspecified atom stereocenters. The monoisotopic (exact) mass is 469 g/mol. The molecule has 2 aromatic heterocycles. The standard InChI is InChI=1S/C19H27N5O.HI/c20-19(22-11-9-16-7-2-3-10-21-16)23-15-17(18-8-6-14-25-18)24-12-4-1-5-13-24;/h2-3,6-8,10,14,17H,1,4-5,9,11-13,15H2,(H3,20,22,23);1H. The Bertz CT molecular complexity index is 641. The molecule has 142 valence electrons. The quantitative estimate of drug-likeness (QED) is 0.371. The van der Waals surface area contributed by atoms with Gasteiger partial charge in [-0.15, -0.1) is 24.0 Å². The number of guanidine groups is 1. The van der Waals surface area contributed by atoms with E-state index < -0.39 is 0 Å². The van der Waals surface area contributed by atoms with Crippen molar-refractivity contribution in [1.29, 1.82) is 0 Å². The third-order valence-electron chi connectivity index (χ3n) is 4.55. The van der Waals surface area contributed by atoms with Gasteiger partial charge in [0.1, 0.15) is 5.76 Å². The van der Waals surface area contributed by atoms with Gasteiger partial charge in [-0.05, 0) is 50.2 Å². The Morgan fingerprint density at radius 3 is 2.77 bits per heavy atom. The summed E-state index contributed by atoms with van der Waals surface area (Å²) in [6, 6.07) is 10.0. The lowest BCUT2D eigenvalue weighted by molar-refractivity contribution is 0.150. The van der Waals surface area contributed by atoms with E-state index in [1.165, 1.54) is 19.3 Å². The number of likely N-dealkylation sites (tertiary alicyclic amines) is 1. The molecule has 6 nitrogen and oxygen atoms in total. The zero-order chi connectivity index (χ0) is 17.3. The fourth-order valence-electron chi connectivity index (χ4n) is 3.20. The maximum absolute atomic E-state index is 6.04. The minimum absolute atomic E-state index is 0. The molecule has 0 aromatic carbocycles. The average molecular weight is 469 g/mol. The van der Waals surface area contributed by atoms with E-state index in [0.717, 1.165) is 37.5 Å². The highest BCUT2D eigenvalue weighted by Gasteiger charge is 2.24. The Labute approximate surface area is 172 Å². The fraction of sp³-hybridized carbons (Fsp3) is 0.474. The van der Waals surface area contributed by atoms with Crippen molar-refractivity contribution in [3.63, 3.8) is 0 Å². The first kappa shape index (κ1) is 20.7. The van der Waals surface area contributed by atoms with E-state index in [2.05, 4.69) is 20.2 Å². The van der Waals surface area contributed by atoms with Crippen LogP contribution in [0.25, 0.3) is 0 Å². The minimum Gasteiger partial charge on any atom is -0.468 e. The van der Waals surface area contributed by atoms with E-state index >= 15 is 0 Å². The number of piperidine rings is 1. The number of aromatic nitrogens is 1. The number of hydrogen-bond acceptors (Lipinski definition) is 4. The highest BCUT2D eigenvalue weighted by molar-refractivity contribution is 14.0. The van der Waals surface area contributed by atoms with E-state index in [-0.39, 0.29) is 30.0 Å². The van der Waals surface area contributed by atoms with Crippen molar-refractivity contribution < 1.29 is 4.42 Å². The second-order valence-electron chi connectivity index (χ2n) is 6.35. The number of aliphatic imine (C=N–C) groups is 1. The summed E-state index contributed by atoms with van der Waals surface area (Å²) in [5, 5.41) is 3.17. The molecule has 1 fully saturated rings. The smallest absolute Gasteiger partial charge is 0.188 e. The van der Waals surface area contributed by atoms with E-state index in [9.17, 15) is 0 Å². The van der Waals surface area contributed by atoms with Crippen LogP contribution in [-0.2, 0) is 6.42 Å². The van der Waals surface area contributed by atoms with Crippen LogP contribution < -0.4 is 11.1 Å². The maximum Gasteiger partial charge on any atom is 0.188 e. The molecule has 0 amide bonds. The maximum atomic E-state index is 6.04. The number of hydrogen-bond donors (Lipinski definition) is 2. The molecule has 7 heteroatoms. The third-order valence-corrected chi connectivity index (χ3v) is 4.55. The predicted molar refractivity (Wildman–Crippen MR) is 115 cm³/mol. The summed E-state index contributed by atoms with van der Waals surface area (Å²) in [6.45, 7) is 3.51. The van der Waals surface area contributed by atoms with Gasteiger partial charge in [-0.25, -0.2) is 0 Å². The number of pyridine rings is 1. The summed E-state index contributed by atoms with van der Waals surface area (Å²) < 4.78 is 5.64. The van der Waals surface area contributed by atoms with Crippen LogP contribution in [0.1, 0.15) is 36.8 Å². The molecule has 26 heavy (non-hydrogen) atoms. The zero-order valence-corrected chi connectivity index (χ0v) is 17.3. The molecule has 0 spiro atoms. The lowest BCUT2D eigenvalue weighted by atomic mass is 10.1. The summed E-state index contributed by atoms with van der Waals surface area (Å²) in [6.07, 6.45) is 8.13. The van der Waals surface area contributed by atoms with E-state index in [4.69, 9.17) is 10.2 Å². The molecule has 0 saturated carbocycles. The Morgan fingerprint density at radius 1 is 1.23 bits per heavy atom. The molecular weight excluding hydrogens is 441 g/mol. The van der Waals surface area contributed by atoms with Crippen molar-refractivity contribution in [2.75, 3.05) is 26.2 Å². The first-order chi connectivity index (χ1) is 12.3. The summed E-state index contributed by atoms with van der Waals surface area (Å²) in [7, 11) is 0. The summed E-state index contributed by atoms with van der Waals surface area (Å²) >= 11 is 0. The van der Waals surface area contributed by atoms with Gasteiger partial charge < -0.3 is 15.5 Å². The normalized spacial score (nSPS) is 16.7. The van der Waals surface area contributed by atoms with Crippen molar-refractivity contribution in [2.45, 2.75) is 31.7 Å². The van der Waals surface area contributed by atoms with Gasteiger partial charge in [-0.1, -0.05) is 12.5 Å². The van der Waals surface area contributed by atoms with Crippen LogP contribution in [0.15, 0.2) is 52.2 Å². The summed E-state index contributed by atoms with van der Waals surface area (Å²) in [5.41, 5.74) is 7.08. The second-order valence-corrected chi connectivity index (χ2v) is 6.35. The van der Waals surface area contributed by atoms with E-state index in [0.29, 0.717) is 12.5 Å². The van der Waals surface area contributed by atoms with Crippen molar-refractivity contribution in [3.8, 4) is 0 Å². The van der Waals surface area contributed by atoms with Crippen molar-refractivity contribution in [1.82, 2.24) is 15.2 Å². The van der Waals surface area contributed by atoms with Gasteiger partial charge in [-0.2, -0.15) is 0 Å². The van der Waals surface area contributed by atoms with Crippen LogP contribution in [0.3, 0.4) is 0 Å². The number of nitrogens with zero attached hydrogens (tertiary/aromatic N) is 3. The average Bonchev–Trinajstić information content (AvgIpc) is 3.18. The predicted octanol–water partition coefficient (Wildman–Crippen LogP) is 2.97. The molecule has 1 aliphatic rings. The molecule has 1 atom stereocenters. The van der Waals surface area contributed by atoms with Crippen molar-refractivity contribution in [3.05, 3.63) is 54.2 Å². The molecule has 2 aromatic rings. The number of halogens is 1. The van der Waals surface area contributed by atoms with Gasteiger partial charge in [0.15, 0.2) is 5.96 Å². The third kappa shape index (κ3) is 6.28. The van der Waals surface area contributed by atoms with Crippen molar-refractivity contribution in [2.24, 2.45) is 10.7 Å². The van der Waals surface area contributed by atoms with Crippen LogP contribution in [0, 0.1) is 0 Å². The largest absolute Gasteiger partial charge is 0.468 e. The lowest BCUT2D eigenvalue weighted by Gasteiger charge is -2.32. The van der Waals surface area contributed by atoms with Gasteiger partial charge in [0.25, 0.3) is 0 Å². The number of nitrogens with two attached hydrogens (primary N) is 1. The fourth-order valence-corrected chi connectivity index (χ4v) is 3.20. The molecule has 3 heterocycles. The molecule has 0 radical (unpaired) electrons. The SMILES string of the molecule is I.NC(=NCC(c1ccco1)N1CCCCC1)NCCc1ccccn1. The van der Waals surface area contributed by atoms with Gasteiger partial charge in [0, 0.05) is 24.9 Å². The Balaban J connectivity index is 0.00000243. The lowest BCUT2D eigenvalue weighted by Crippen LogP contribution is -2.37. The molecule has 0 bridgehead atoms. The summed E-state index contributed by atoms with van der Waals surface area (Å²) in [5.74, 6) is 1.44. The first-order valence-electron chi connectivity index (χ1n) is 9.04. The van der Waals surface area contributed by atoms with Crippen LogP contribution in [-0.4, -0.2) is 42.0 Å². The van der Waals surface area contributed by atoms with Gasteiger partial charge in [-0.3, -0.25) is 14.9 Å². The molecule has 3 N–H and O–H groups in total. The highest BCUT2D eigenvalue weighted by atomic mass is 127. The van der Waals surface area contributed by atoms with Gasteiger partial charge in [0.2, 0.25) is 0 Å². The molecule has 1 aliphatic heterocycles. The van der Waals surface area contributed by atoms with Crippen molar-refractivity contribution >= 4 is 29.9 Å². The minimum atomic E-state index is 0. The molecular formula is C19H28IN5O. The Morgan fingerprint density at radius 2 is 2.08 bits per heavy atom. The zero-order valence-electron chi connectivity index (χ0n) is 15.0. The van der Waals surface area contributed by atoms with Crippen LogP contribution in [0.5, 0.6) is 0 Å². The van der Waals surface area contributed by atoms with Crippen LogP contribution >= 0.6 is 24.0 Å². The molecule has 1 saturated heterocycles. The first-order valence-corrected chi connectivity index (χ1v) is 9.04. The topological polar surface area (TPSA) is 79.7 Å². The van der Waals surface area contributed by atoms with E-state index in [1.807, 2.05) is 30.3 Å². The van der Waals surface area contributed by atoms with Crippen LogP contribution in [0.2, 0.25) is 0 Å². The Kier molecular flexibility index (Phi) is 8.90. The number of furan rings is 1.